The Hall–Kier alpha value is -0.570. The van der Waals surface area contributed by atoms with E-state index in [2.05, 4.69) is 22.5 Å². The molecule has 1 aliphatic rings. The van der Waals surface area contributed by atoms with E-state index < -0.39 is 11.6 Å². The predicted octanol–water partition coefficient (Wildman–Crippen LogP) is 3.58. The lowest BCUT2D eigenvalue weighted by Crippen LogP contribution is -2.44. The van der Waals surface area contributed by atoms with Crippen molar-refractivity contribution in [2.45, 2.75) is 30.9 Å². The van der Waals surface area contributed by atoms with Crippen LogP contribution in [0.4, 0.5) is 8.78 Å². The molecule has 1 aromatic carbocycles. The van der Waals surface area contributed by atoms with Crippen LogP contribution in [0, 0.1) is 11.6 Å². The fourth-order valence-corrected chi connectivity index (χ4v) is 3.77. The van der Waals surface area contributed by atoms with Gasteiger partial charge in [-0.3, -0.25) is 4.99 Å². The van der Waals surface area contributed by atoms with Crippen LogP contribution in [-0.4, -0.2) is 36.6 Å². The van der Waals surface area contributed by atoms with Gasteiger partial charge < -0.3 is 10.6 Å². The van der Waals surface area contributed by atoms with Gasteiger partial charge in [0.25, 0.3) is 0 Å². The Balaban J connectivity index is 0.00000264. The summed E-state index contributed by atoms with van der Waals surface area (Å²) in [4.78, 5) is 4.17. The minimum atomic E-state index is -0.800. The van der Waals surface area contributed by atoms with Gasteiger partial charge >= 0.3 is 0 Å². The van der Waals surface area contributed by atoms with E-state index in [1.165, 1.54) is 24.7 Å². The molecule has 0 radical (unpaired) electrons. The molecule has 0 amide bonds. The first kappa shape index (κ1) is 20.5. The lowest BCUT2D eigenvalue weighted by Gasteiger charge is -2.24. The number of rotatable bonds is 5. The average Bonchev–Trinajstić information content (AvgIpc) is 2.94. The first-order valence-electron chi connectivity index (χ1n) is 7.55. The van der Waals surface area contributed by atoms with Crippen molar-refractivity contribution in [3.05, 3.63) is 35.4 Å². The van der Waals surface area contributed by atoms with Crippen molar-refractivity contribution < 1.29 is 8.78 Å². The number of guanidine groups is 1. The molecule has 2 N–H and O–H groups in total. The number of nitrogens with one attached hydrogen (secondary N) is 2. The first-order chi connectivity index (χ1) is 10.5. The van der Waals surface area contributed by atoms with Gasteiger partial charge in [0.1, 0.15) is 0 Å². The van der Waals surface area contributed by atoms with Crippen LogP contribution < -0.4 is 10.6 Å². The molecule has 1 atom stereocenters. The maximum absolute atomic E-state index is 13.6. The maximum atomic E-state index is 13.6. The second kappa shape index (κ2) is 9.66. The summed E-state index contributed by atoms with van der Waals surface area (Å²) in [6.45, 7) is 3.61. The molecule has 1 aliphatic heterocycles. The van der Waals surface area contributed by atoms with Crippen LogP contribution in [0.15, 0.2) is 23.2 Å². The molecular formula is C16H24F2IN3S. The van der Waals surface area contributed by atoms with Gasteiger partial charge in [-0.1, -0.05) is 12.1 Å². The van der Waals surface area contributed by atoms with Gasteiger partial charge in [0.05, 0.1) is 0 Å². The van der Waals surface area contributed by atoms with E-state index in [9.17, 15) is 8.78 Å². The van der Waals surface area contributed by atoms with Gasteiger partial charge in [-0.05, 0) is 43.6 Å². The minimum absolute atomic E-state index is 0. The summed E-state index contributed by atoms with van der Waals surface area (Å²) < 4.78 is 26.9. The van der Waals surface area contributed by atoms with Gasteiger partial charge in [-0.25, -0.2) is 8.78 Å². The van der Waals surface area contributed by atoms with Crippen molar-refractivity contribution in [1.82, 2.24) is 10.6 Å². The first-order valence-corrected chi connectivity index (χ1v) is 8.54. The SMILES string of the molecule is CN=C(NCCc1cccc(F)c1F)NCC1(C)CCCS1.I. The van der Waals surface area contributed by atoms with E-state index in [1.54, 1.807) is 13.1 Å². The molecule has 23 heavy (non-hydrogen) atoms. The van der Waals surface area contributed by atoms with Crippen molar-refractivity contribution in [3.63, 3.8) is 0 Å². The summed E-state index contributed by atoms with van der Waals surface area (Å²) in [7, 11) is 1.71. The standard InChI is InChI=1S/C16H23F2N3S.HI/c1-16(8-4-10-22-16)11-21-15(19-2)20-9-7-12-5-3-6-13(17)14(12)18;/h3,5-6H,4,7-11H2,1-2H3,(H2,19,20,21);1H. The van der Waals surface area contributed by atoms with Crippen LogP contribution in [0.2, 0.25) is 0 Å². The Morgan fingerprint density at radius 2 is 2.13 bits per heavy atom. The zero-order chi connectivity index (χ0) is 16.0. The van der Waals surface area contributed by atoms with E-state index in [-0.39, 0.29) is 28.7 Å². The molecule has 0 aliphatic carbocycles. The molecule has 7 heteroatoms. The number of aliphatic imine (C=N–C) groups is 1. The summed E-state index contributed by atoms with van der Waals surface area (Å²) in [5, 5.41) is 6.46. The third-order valence-electron chi connectivity index (χ3n) is 3.87. The molecule has 2 rings (SSSR count). The number of benzene rings is 1. The highest BCUT2D eigenvalue weighted by Crippen LogP contribution is 2.36. The van der Waals surface area contributed by atoms with E-state index in [1.807, 2.05) is 11.8 Å². The average molecular weight is 455 g/mol. The van der Waals surface area contributed by atoms with Crippen LogP contribution in [-0.2, 0) is 6.42 Å². The van der Waals surface area contributed by atoms with Gasteiger partial charge in [-0.15, -0.1) is 24.0 Å². The van der Waals surface area contributed by atoms with Crippen LogP contribution in [0.5, 0.6) is 0 Å². The fourth-order valence-electron chi connectivity index (χ4n) is 2.52. The molecule has 0 aromatic heterocycles. The summed E-state index contributed by atoms with van der Waals surface area (Å²) in [6.07, 6.45) is 2.88. The van der Waals surface area contributed by atoms with E-state index in [4.69, 9.17) is 0 Å². The quantitative estimate of drug-likeness (QED) is 0.405. The van der Waals surface area contributed by atoms with E-state index in [0.29, 0.717) is 24.5 Å². The highest BCUT2D eigenvalue weighted by atomic mass is 127. The van der Waals surface area contributed by atoms with Gasteiger partial charge in [-0.2, -0.15) is 11.8 Å². The maximum Gasteiger partial charge on any atom is 0.191 e. The minimum Gasteiger partial charge on any atom is -0.356 e. The molecule has 1 aromatic rings. The highest BCUT2D eigenvalue weighted by Gasteiger charge is 2.29. The molecule has 0 bridgehead atoms. The third-order valence-corrected chi connectivity index (χ3v) is 5.41. The summed E-state index contributed by atoms with van der Waals surface area (Å²) in [5.74, 6) is 0.349. The fraction of sp³-hybridized carbons (Fsp3) is 0.562. The number of nitrogens with zero attached hydrogens (tertiary/aromatic N) is 1. The van der Waals surface area contributed by atoms with Gasteiger partial charge in [0.2, 0.25) is 0 Å². The van der Waals surface area contributed by atoms with Crippen LogP contribution >= 0.6 is 35.7 Å². The van der Waals surface area contributed by atoms with Crippen molar-refractivity contribution in [2.75, 3.05) is 25.9 Å². The lowest BCUT2D eigenvalue weighted by molar-refractivity contribution is 0.498. The Kier molecular flexibility index (Phi) is 8.60. The van der Waals surface area contributed by atoms with Crippen molar-refractivity contribution in [1.29, 1.82) is 0 Å². The topological polar surface area (TPSA) is 36.4 Å². The van der Waals surface area contributed by atoms with Crippen molar-refractivity contribution in [2.24, 2.45) is 4.99 Å². The molecule has 0 saturated carbocycles. The molecule has 0 spiro atoms. The van der Waals surface area contributed by atoms with Crippen molar-refractivity contribution >= 4 is 41.7 Å². The lowest BCUT2D eigenvalue weighted by atomic mass is 10.1. The van der Waals surface area contributed by atoms with E-state index in [0.717, 1.165) is 12.6 Å². The second-order valence-electron chi connectivity index (χ2n) is 5.72. The molecular weight excluding hydrogens is 431 g/mol. The molecule has 130 valence electrons. The summed E-state index contributed by atoms with van der Waals surface area (Å²) in [5.41, 5.74) is 0.376. The largest absolute Gasteiger partial charge is 0.356 e. The molecule has 1 saturated heterocycles. The monoisotopic (exact) mass is 455 g/mol. The van der Waals surface area contributed by atoms with E-state index >= 15 is 0 Å². The normalized spacial score (nSPS) is 21.0. The Labute approximate surface area is 158 Å². The van der Waals surface area contributed by atoms with Gasteiger partial charge in [0, 0.05) is 24.9 Å². The number of halogens is 3. The number of thioether (sulfide) groups is 1. The van der Waals surface area contributed by atoms with Crippen LogP contribution in [0.25, 0.3) is 0 Å². The Bertz CT molecular complexity index is 534. The Morgan fingerprint density at radius 1 is 1.35 bits per heavy atom. The molecule has 1 heterocycles. The Morgan fingerprint density at radius 3 is 2.78 bits per heavy atom. The summed E-state index contributed by atoms with van der Waals surface area (Å²) in [6, 6.07) is 4.26. The third kappa shape index (κ3) is 6.10. The molecule has 3 nitrogen and oxygen atoms in total. The molecule has 1 fully saturated rings. The zero-order valence-electron chi connectivity index (χ0n) is 13.5. The number of hydrogen-bond donors (Lipinski definition) is 2. The van der Waals surface area contributed by atoms with Gasteiger partial charge in [0.15, 0.2) is 17.6 Å². The van der Waals surface area contributed by atoms with Crippen molar-refractivity contribution in [3.8, 4) is 0 Å². The van der Waals surface area contributed by atoms with Crippen LogP contribution in [0.1, 0.15) is 25.3 Å². The smallest absolute Gasteiger partial charge is 0.191 e. The zero-order valence-corrected chi connectivity index (χ0v) is 16.6. The predicted molar refractivity (Wildman–Crippen MR) is 105 cm³/mol. The second-order valence-corrected chi connectivity index (χ2v) is 7.40. The highest BCUT2D eigenvalue weighted by molar-refractivity contribution is 14.0. The van der Waals surface area contributed by atoms with Crippen LogP contribution in [0.3, 0.4) is 0 Å². The summed E-state index contributed by atoms with van der Waals surface area (Å²) >= 11 is 1.98. The number of hydrogen-bond acceptors (Lipinski definition) is 2. The molecule has 1 unspecified atom stereocenters.